The number of rotatable bonds is 6. The molecule has 2 amide bonds. The summed E-state index contributed by atoms with van der Waals surface area (Å²) < 4.78 is 43.9. The van der Waals surface area contributed by atoms with Gasteiger partial charge in [-0.05, 0) is 18.2 Å². The number of aliphatic hydroxyl groups excluding tert-OH is 1. The van der Waals surface area contributed by atoms with Crippen molar-refractivity contribution in [1.82, 2.24) is 15.2 Å². The molecule has 14 heteroatoms. The number of nitrogens with zero attached hydrogens (tertiary/aromatic N) is 3. The lowest BCUT2D eigenvalue weighted by molar-refractivity contribution is -0.136. The van der Waals surface area contributed by atoms with Gasteiger partial charge in [-0.3, -0.25) is 14.7 Å². The largest absolute Gasteiger partial charge is 0.443 e. The van der Waals surface area contributed by atoms with Crippen LogP contribution in [-0.2, 0) is 19.7 Å². The Labute approximate surface area is 172 Å². The van der Waals surface area contributed by atoms with Gasteiger partial charge in [0.1, 0.15) is 18.5 Å². The van der Waals surface area contributed by atoms with Crippen molar-refractivity contribution in [1.29, 1.82) is 0 Å². The van der Waals surface area contributed by atoms with Gasteiger partial charge in [-0.15, -0.1) is 0 Å². The van der Waals surface area contributed by atoms with E-state index in [1.54, 1.807) is 11.0 Å². The number of carbonyl (C=O) groups is 2. The quantitative estimate of drug-likeness (QED) is 0.394. The van der Waals surface area contributed by atoms with E-state index in [1.165, 1.54) is 22.0 Å². The fourth-order valence-corrected chi connectivity index (χ4v) is 3.66. The number of amides is 2. The molecule has 3 rings (SSSR count). The molecule has 12 nitrogen and oxygen atoms in total. The second kappa shape index (κ2) is 9.09. The highest BCUT2D eigenvalue weighted by Crippen LogP contribution is 2.28. The van der Waals surface area contributed by atoms with E-state index in [-0.39, 0.29) is 25.3 Å². The number of cyclic esters (lactones) is 1. The highest BCUT2D eigenvalue weighted by atomic mass is 32.2. The average Bonchev–Trinajstić information content (AvgIpc) is 2.90. The van der Waals surface area contributed by atoms with Gasteiger partial charge >= 0.3 is 6.09 Å². The summed E-state index contributed by atoms with van der Waals surface area (Å²) >= 11 is 0. The summed E-state index contributed by atoms with van der Waals surface area (Å²) in [5, 5.41) is 15.1. The Kier molecular flexibility index (Phi) is 6.72. The second-order valence-electron chi connectivity index (χ2n) is 6.74. The first-order chi connectivity index (χ1) is 14.2. The van der Waals surface area contributed by atoms with E-state index >= 15 is 0 Å². The van der Waals surface area contributed by atoms with Crippen LogP contribution in [-0.4, -0.2) is 82.5 Å². The lowest BCUT2D eigenvalue weighted by Gasteiger charge is -2.24. The molecule has 1 aromatic carbocycles. The number of hydrogen-bond donors (Lipinski definition) is 4. The van der Waals surface area contributed by atoms with Gasteiger partial charge in [-0.1, -0.05) is 0 Å². The summed E-state index contributed by atoms with van der Waals surface area (Å²) in [6, 6.07) is 4.28. The molecule has 0 saturated carbocycles. The number of carbonyl (C=O) groups excluding carboxylic acids is 2. The van der Waals surface area contributed by atoms with E-state index in [0.29, 0.717) is 25.3 Å². The van der Waals surface area contributed by atoms with Gasteiger partial charge < -0.3 is 14.7 Å². The Balaban J connectivity index is 1.67. The Hall–Kier alpha value is -2.52. The molecule has 5 N–H and O–H groups in total. The summed E-state index contributed by atoms with van der Waals surface area (Å²) in [4.78, 5) is 26.6. The highest BCUT2D eigenvalue weighted by Gasteiger charge is 2.33. The molecule has 0 aromatic heterocycles. The first-order valence-electron chi connectivity index (χ1n) is 9.12. The molecule has 0 aliphatic carbocycles. The van der Waals surface area contributed by atoms with Gasteiger partial charge in [-0.2, -0.15) is 13.1 Å². The zero-order chi connectivity index (χ0) is 21.9. The number of nitrogens with one attached hydrogen (secondary N) is 2. The molecular weight excluding hydrogens is 423 g/mol. The smallest absolute Gasteiger partial charge is 0.414 e. The molecule has 30 heavy (non-hydrogen) atoms. The summed E-state index contributed by atoms with van der Waals surface area (Å²) in [5.74, 6) is -1.03. The van der Waals surface area contributed by atoms with Crippen molar-refractivity contribution in [2.75, 3.05) is 55.7 Å². The number of hydrazine groups is 1. The first kappa shape index (κ1) is 22.2. The van der Waals surface area contributed by atoms with Gasteiger partial charge in [0.25, 0.3) is 16.1 Å². The SMILES string of the molecule is NS(=O)(=O)NC[C@H]1CN(c2ccc(N3CCNN(C(=O)CO)CC3)c(F)c2)C(=O)O1. The third-order valence-electron chi connectivity index (χ3n) is 4.68. The molecule has 1 aromatic rings. The number of benzene rings is 1. The highest BCUT2D eigenvalue weighted by molar-refractivity contribution is 7.87. The fourth-order valence-electron chi connectivity index (χ4n) is 3.24. The number of halogens is 1. The Morgan fingerprint density at radius 2 is 2.13 bits per heavy atom. The van der Waals surface area contributed by atoms with Gasteiger partial charge in [0, 0.05) is 19.6 Å². The van der Waals surface area contributed by atoms with Crippen LogP contribution in [0, 0.1) is 5.82 Å². The molecule has 0 unspecified atom stereocenters. The zero-order valence-corrected chi connectivity index (χ0v) is 16.8. The van der Waals surface area contributed by atoms with Crippen molar-refractivity contribution in [3.8, 4) is 0 Å². The van der Waals surface area contributed by atoms with Crippen LogP contribution in [0.15, 0.2) is 18.2 Å². The minimum Gasteiger partial charge on any atom is -0.443 e. The monoisotopic (exact) mass is 446 g/mol. The number of anilines is 2. The van der Waals surface area contributed by atoms with Crippen LogP contribution in [0.3, 0.4) is 0 Å². The predicted molar refractivity (Wildman–Crippen MR) is 104 cm³/mol. The molecule has 0 radical (unpaired) electrons. The number of ether oxygens (including phenoxy) is 1. The van der Waals surface area contributed by atoms with E-state index in [1.807, 2.05) is 0 Å². The molecule has 0 spiro atoms. The lowest BCUT2D eigenvalue weighted by atomic mass is 10.2. The van der Waals surface area contributed by atoms with Gasteiger partial charge in [0.2, 0.25) is 0 Å². The molecule has 0 bridgehead atoms. The van der Waals surface area contributed by atoms with Crippen molar-refractivity contribution in [2.24, 2.45) is 5.14 Å². The molecule has 2 aliphatic rings. The number of hydrogen-bond acceptors (Lipinski definition) is 8. The van der Waals surface area contributed by atoms with E-state index in [9.17, 15) is 22.4 Å². The minimum absolute atomic E-state index is 0.0337. The number of aliphatic hydroxyl groups is 1. The van der Waals surface area contributed by atoms with Crippen LogP contribution >= 0.6 is 0 Å². The summed E-state index contributed by atoms with van der Waals surface area (Å²) in [7, 11) is -3.92. The van der Waals surface area contributed by atoms with Crippen LogP contribution in [0.2, 0.25) is 0 Å². The van der Waals surface area contributed by atoms with Crippen LogP contribution in [0.4, 0.5) is 20.6 Å². The molecule has 2 fully saturated rings. The minimum atomic E-state index is -3.92. The third-order valence-corrected chi connectivity index (χ3v) is 5.25. The van der Waals surface area contributed by atoms with E-state index in [0.717, 1.165) is 0 Å². The van der Waals surface area contributed by atoms with E-state index < -0.39 is 40.7 Å². The lowest BCUT2D eigenvalue weighted by Crippen LogP contribution is -2.45. The first-order valence-corrected chi connectivity index (χ1v) is 10.7. The molecule has 2 saturated heterocycles. The van der Waals surface area contributed by atoms with Crippen molar-refractivity contribution in [2.45, 2.75) is 6.10 Å². The molecule has 166 valence electrons. The fraction of sp³-hybridized carbons (Fsp3) is 0.500. The van der Waals surface area contributed by atoms with E-state index in [2.05, 4.69) is 10.1 Å². The van der Waals surface area contributed by atoms with Gasteiger partial charge in [-0.25, -0.2) is 19.7 Å². The maximum Gasteiger partial charge on any atom is 0.414 e. The number of nitrogens with two attached hydrogens (primary N) is 1. The van der Waals surface area contributed by atoms with Gasteiger partial charge in [0.05, 0.1) is 31.0 Å². The Bertz CT molecular complexity index is 915. The molecular formula is C16H23FN6O6S. The summed E-state index contributed by atoms with van der Waals surface area (Å²) in [6.45, 7) is 0.648. The Morgan fingerprint density at radius 1 is 1.37 bits per heavy atom. The molecule has 2 aliphatic heterocycles. The van der Waals surface area contributed by atoms with Crippen molar-refractivity contribution in [3.05, 3.63) is 24.0 Å². The van der Waals surface area contributed by atoms with Crippen LogP contribution in [0.5, 0.6) is 0 Å². The van der Waals surface area contributed by atoms with Gasteiger partial charge in [0.15, 0.2) is 0 Å². The van der Waals surface area contributed by atoms with Crippen molar-refractivity contribution in [3.63, 3.8) is 0 Å². The average molecular weight is 446 g/mol. The van der Waals surface area contributed by atoms with Crippen LogP contribution in [0.25, 0.3) is 0 Å². The normalized spacial score (nSPS) is 20.3. The molecule has 1 atom stereocenters. The van der Waals surface area contributed by atoms with Crippen molar-refractivity contribution < 1.29 is 32.2 Å². The van der Waals surface area contributed by atoms with Crippen molar-refractivity contribution >= 4 is 33.6 Å². The topological polar surface area (TPSA) is 158 Å². The zero-order valence-electron chi connectivity index (χ0n) is 16.0. The summed E-state index contributed by atoms with van der Waals surface area (Å²) in [5.41, 5.74) is 3.45. The van der Waals surface area contributed by atoms with E-state index in [4.69, 9.17) is 15.0 Å². The third kappa shape index (κ3) is 5.34. The standard InChI is InChI=1S/C16H23FN6O6S/c17-13-7-11(22-9-12(29-16(22)26)8-20-30(18,27)28)1-2-14(13)21-4-3-19-23(6-5-21)15(25)10-24/h1-2,7,12,19-20,24H,3-6,8-10H2,(H2,18,27,28)/t12-/m0/s1. The second-order valence-corrected chi connectivity index (χ2v) is 8.12. The predicted octanol–water partition coefficient (Wildman–Crippen LogP) is -1.91. The Morgan fingerprint density at radius 3 is 2.80 bits per heavy atom. The maximum atomic E-state index is 14.8. The maximum absolute atomic E-state index is 14.8. The molecule has 2 heterocycles. The summed E-state index contributed by atoms with van der Waals surface area (Å²) in [6.07, 6.45) is -1.48. The van der Waals surface area contributed by atoms with Crippen LogP contribution < -0.4 is 25.1 Å². The van der Waals surface area contributed by atoms with Crippen LogP contribution in [0.1, 0.15) is 0 Å².